The SMILES string of the molecule is O=C(Cc1ccc(-c2ccccc2)cc1)NC1CC2CCC(C1)N2. The maximum absolute atomic E-state index is 12.3. The predicted octanol–water partition coefficient (Wildman–Crippen LogP) is 3.30. The van der Waals surface area contributed by atoms with Crippen LogP contribution >= 0.6 is 0 Å². The van der Waals surface area contributed by atoms with Crippen LogP contribution in [0.5, 0.6) is 0 Å². The number of rotatable bonds is 4. The first kappa shape index (κ1) is 15.4. The van der Waals surface area contributed by atoms with Crippen molar-refractivity contribution in [3.63, 3.8) is 0 Å². The van der Waals surface area contributed by atoms with Crippen LogP contribution in [0, 0.1) is 0 Å². The van der Waals surface area contributed by atoms with E-state index in [0.29, 0.717) is 24.5 Å². The average molecular weight is 320 g/mol. The van der Waals surface area contributed by atoms with E-state index < -0.39 is 0 Å². The van der Waals surface area contributed by atoms with Crippen molar-refractivity contribution in [3.05, 3.63) is 60.2 Å². The van der Waals surface area contributed by atoms with E-state index >= 15 is 0 Å². The predicted molar refractivity (Wildman–Crippen MR) is 96.7 cm³/mol. The molecule has 4 rings (SSSR count). The van der Waals surface area contributed by atoms with Gasteiger partial charge in [-0.25, -0.2) is 0 Å². The Kier molecular flexibility index (Phi) is 4.35. The summed E-state index contributed by atoms with van der Waals surface area (Å²) < 4.78 is 0. The van der Waals surface area contributed by atoms with E-state index in [1.54, 1.807) is 0 Å². The summed E-state index contributed by atoms with van der Waals surface area (Å²) in [7, 11) is 0. The second-order valence-corrected chi connectivity index (χ2v) is 7.11. The summed E-state index contributed by atoms with van der Waals surface area (Å²) in [4.78, 5) is 12.3. The van der Waals surface area contributed by atoms with E-state index in [1.807, 2.05) is 18.2 Å². The maximum Gasteiger partial charge on any atom is 0.224 e. The van der Waals surface area contributed by atoms with E-state index in [0.717, 1.165) is 18.4 Å². The summed E-state index contributed by atoms with van der Waals surface area (Å²) >= 11 is 0. The average Bonchev–Trinajstić information content (AvgIpc) is 2.95. The molecule has 24 heavy (non-hydrogen) atoms. The van der Waals surface area contributed by atoms with Crippen molar-refractivity contribution in [2.75, 3.05) is 0 Å². The van der Waals surface area contributed by atoms with Crippen molar-refractivity contribution in [3.8, 4) is 11.1 Å². The fourth-order valence-corrected chi connectivity index (χ4v) is 4.08. The number of hydrogen-bond donors (Lipinski definition) is 2. The molecule has 2 fully saturated rings. The fraction of sp³-hybridized carbons (Fsp3) is 0.381. The summed E-state index contributed by atoms with van der Waals surface area (Å²) in [6, 6.07) is 20.2. The number of carbonyl (C=O) groups excluding carboxylic acids is 1. The molecule has 2 aliphatic rings. The van der Waals surface area contributed by atoms with Crippen LogP contribution < -0.4 is 10.6 Å². The highest BCUT2D eigenvalue weighted by Gasteiger charge is 2.33. The second kappa shape index (κ2) is 6.78. The smallest absolute Gasteiger partial charge is 0.224 e. The van der Waals surface area contributed by atoms with Crippen molar-refractivity contribution in [1.82, 2.24) is 10.6 Å². The first-order valence-corrected chi connectivity index (χ1v) is 8.96. The monoisotopic (exact) mass is 320 g/mol. The van der Waals surface area contributed by atoms with E-state index in [2.05, 4.69) is 47.0 Å². The number of piperidine rings is 1. The van der Waals surface area contributed by atoms with Gasteiger partial charge < -0.3 is 10.6 Å². The fourth-order valence-electron chi connectivity index (χ4n) is 4.08. The molecule has 1 amide bonds. The summed E-state index contributed by atoms with van der Waals surface area (Å²) in [5.41, 5.74) is 3.47. The molecule has 2 aromatic carbocycles. The third-order valence-corrected chi connectivity index (χ3v) is 5.26. The molecular formula is C21H24N2O. The van der Waals surface area contributed by atoms with Crippen LogP contribution in [0.1, 0.15) is 31.2 Å². The van der Waals surface area contributed by atoms with Crippen molar-refractivity contribution in [1.29, 1.82) is 0 Å². The molecule has 3 heteroatoms. The van der Waals surface area contributed by atoms with Crippen LogP contribution in [0.2, 0.25) is 0 Å². The van der Waals surface area contributed by atoms with E-state index in [1.165, 1.54) is 24.0 Å². The molecular weight excluding hydrogens is 296 g/mol. The molecule has 2 N–H and O–H groups in total. The Labute approximate surface area is 143 Å². The zero-order valence-electron chi connectivity index (χ0n) is 13.9. The number of nitrogens with one attached hydrogen (secondary N) is 2. The van der Waals surface area contributed by atoms with Gasteiger partial charge in [0, 0.05) is 18.1 Å². The van der Waals surface area contributed by atoms with Gasteiger partial charge in [0.15, 0.2) is 0 Å². The van der Waals surface area contributed by atoms with Crippen molar-refractivity contribution < 1.29 is 4.79 Å². The zero-order chi connectivity index (χ0) is 16.4. The van der Waals surface area contributed by atoms with Crippen LogP contribution in [0.4, 0.5) is 0 Å². The topological polar surface area (TPSA) is 41.1 Å². The van der Waals surface area contributed by atoms with Crippen LogP contribution in [-0.2, 0) is 11.2 Å². The van der Waals surface area contributed by atoms with Crippen LogP contribution in [0.25, 0.3) is 11.1 Å². The summed E-state index contributed by atoms with van der Waals surface area (Å²) in [5, 5.41) is 6.85. The lowest BCUT2D eigenvalue weighted by Gasteiger charge is -2.29. The van der Waals surface area contributed by atoms with Gasteiger partial charge in [0.2, 0.25) is 5.91 Å². The van der Waals surface area contributed by atoms with Gasteiger partial charge in [-0.15, -0.1) is 0 Å². The standard InChI is InChI=1S/C21H24N2O/c24-21(23-20-13-18-10-11-19(14-20)22-18)12-15-6-8-17(9-7-15)16-4-2-1-3-5-16/h1-9,18-20,22H,10-14H2,(H,23,24). The van der Waals surface area contributed by atoms with Gasteiger partial charge in [0.25, 0.3) is 0 Å². The lowest BCUT2D eigenvalue weighted by molar-refractivity contribution is -0.121. The summed E-state index contributed by atoms with van der Waals surface area (Å²) in [5.74, 6) is 0.147. The van der Waals surface area contributed by atoms with Gasteiger partial charge >= 0.3 is 0 Å². The Morgan fingerprint density at radius 2 is 1.54 bits per heavy atom. The molecule has 3 nitrogen and oxygen atoms in total. The van der Waals surface area contributed by atoms with Crippen LogP contribution in [0.15, 0.2) is 54.6 Å². The lowest BCUT2D eigenvalue weighted by Crippen LogP contribution is -2.48. The first-order valence-electron chi connectivity index (χ1n) is 8.96. The first-order chi connectivity index (χ1) is 11.8. The number of benzene rings is 2. The second-order valence-electron chi connectivity index (χ2n) is 7.11. The van der Waals surface area contributed by atoms with E-state index in [4.69, 9.17) is 0 Å². The normalized spacial score (nSPS) is 25.4. The van der Waals surface area contributed by atoms with Crippen LogP contribution in [-0.4, -0.2) is 24.0 Å². The largest absolute Gasteiger partial charge is 0.353 e. The molecule has 0 aromatic heterocycles. The molecule has 2 aromatic rings. The third kappa shape index (κ3) is 3.51. The molecule has 2 atom stereocenters. The van der Waals surface area contributed by atoms with Gasteiger partial charge in [-0.2, -0.15) is 0 Å². The molecule has 0 saturated carbocycles. The summed E-state index contributed by atoms with van der Waals surface area (Å²) in [6.45, 7) is 0. The Hall–Kier alpha value is -2.13. The molecule has 0 aliphatic carbocycles. The van der Waals surface area contributed by atoms with Gasteiger partial charge in [-0.1, -0.05) is 54.6 Å². The minimum atomic E-state index is 0.147. The highest BCUT2D eigenvalue weighted by Crippen LogP contribution is 2.26. The van der Waals surface area contributed by atoms with E-state index in [-0.39, 0.29) is 5.91 Å². The minimum absolute atomic E-state index is 0.147. The quantitative estimate of drug-likeness (QED) is 0.907. The molecule has 124 valence electrons. The van der Waals surface area contributed by atoms with Gasteiger partial charge in [-0.05, 0) is 42.4 Å². The molecule has 2 bridgehead atoms. The van der Waals surface area contributed by atoms with Gasteiger partial charge in [-0.3, -0.25) is 4.79 Å². The van der Waals surface area contributed by atoms with Gasteiger partial charge in [0.05, 0.1) is 6.42 Å². The lowest BCUT2D eigenvalue weighted by atomic mass is 9.99. The Bertz CT molecular complexity index is 684. The Morgan fingerprint density at radius 1 is 0.917 bits per heavy atom. The minimum Gasteiger partial charge on any atom is -0.353 e. The molecule has 2 aliphatic heterocycles. The maximum atomic E-state index is 12.3. The summed E-state index contributed by atoms with van der Waals surface area (Å²) in [6.07, 6.45) is 5.15. The Morgan fingerprint density at radius 3 is 2.21 bits per heavy atom. The van der Waals surface area contributed by atoms with Crippen molar-refractivity contribution in [2.24, 2.45) is 0 Å². The molecule has 0 spiro atoms. The molecule has 2 unspecified atom stereocenters. The number of carbonyl (C=O) groups is 1. The number of hydrogen-bond acceptors (Lipinski definition) is 2. The highest BCUT2D eigenvalue weighted by atomic mass is 16.1. The van der Waals surface area contributed by atoms with Crippen LogP contribution in [0.3, 0.4) is 0 Å². The highest BCUT2D eigenvalue weighted by molar-refractivity contribution is 5.79. The number of fused-ring (bicyclic) bond motifs is 2. The molecule has 2 heterocycles. The Balaban J connectivity index is 1.34. The van der Waals surface area contributed by atoms with Crippen molar-refractivity contribution >= 4 is 5.91 Å². The van der Waals surface area contributed by atoms with Gasteiger partial charge in [0.1, 0.15) is 0 Å². The third-order valence-electron chi connectivity index (χ3n) is 5.26. The molecule has 0 radical (unpaired) electrons. The zero-order valence-corrected chi connectivity index (χ0v) is 13.9. The van der Waals surface area contributed by atoms with Crippen molar-refractivity contribution in [2.45, 2.75) is 50.2 Å². The molecule has 2 saturated heterocycles. The number of amides is 1. The van der Waals surface area contributed by atoms with E-state index in [9.17, 15) is 4.79 Å².